The Kier molecular flexibility index (Phi) is 6.36. The van der Waals surface area contributed by atoms with Gasteiger partial charge in [-0.15, -0.1) is 0 Å². The van der Waals surface area contributed by atoms with Crippen molar-refractivity contribution >= 4 is 28.5 Å². The highest BCUT2D eigenvalue weighted by Gasteiger charge is 2.15. The van der Waals surface area contributed by atoms with E-state index in [-0.39, 0.29) is 24.7 Å². The van der Waals surface area contributed by atoms with E-state index in [0.29, 0.717) is 36.9 Å². The van der Waals surface area contributed by atoms with E-state index in [9.17, 15) is 14.7 Å². The van der Waals surface area contributed by atoms with Crippen molar-refractivity contribution in [3.05, 3.63) is 78.5 Å². The number of fused-ring (bicyclic) bond motifs is 2. The maximum Gasteiger partial charge on any atom is 0.335 e. The summed E-state index contributed by atoms with van der Waals surface area (Å²) < 4.78 is 18.6. The number of hydrogen-bond donors (Lipinski definition) is 2. The molecule has 0 saturated heterocycles. The molecule has 0 spiro atoms. The van der Waals surface area contributed by atoms with Crippen LogP contribution < -0.4 is 14.8 Å². The van der Waals surface area contributed by atoms with E-state index in [4.69, 9.17) is 14.2 Å². The van der Waals surface area contributed by atoms with Gasteiger partial charge >= 0.3 is 5.97 Å². The largest absolute Gasteiger partial charge is 0.486 e. The molecule has 1 aliphatic rings. The van der Waals surface area contributed by atoms with Crippen LogP contribution in [0.15, 0.2) is 72.9 Å². The molecule has 0 bridgehead atoms. The van der Waals surface area contributed by atoms with E-state index in [1.807, 2.05) is 47.2 Å². The molecule has 35 heavy (non-hydrogen) atoms. The second-order valence-electron chi connectivity index (χ2n) is 8.10. The van der Waals surface area contributed by atoms with Gasteiger partial charge in [-0.1, -0.05) is 36.4 Å². The third kappa shape index (κ3) is 4.97. The molecular weight excluding hydrogens is 448 g/mol. The standard InChI is InChI=1S/C27H24N2O6/c30-26(28-20-7-9-24-25(15-20)35-13-12-34-24)17-33-11-10-29-16-22(18-4-2-1-3-5-18)21-8-6-19(27(31)32)14-23(21)29/h1-9,14-16H,10-13,17H2,(H,28,30)(H,31,32). The molecule has 2 N–H and O–H groups in total. The zero-order valence-corrected chi connectivity index (χ0v) is 18.9. The SMILES string of the molecule is O=C(COCCn1cc(-c2ccccc2)c2ccc(C(=O)O)cc21)Nc1ccc2c(c1)OCCO2. The smallest absolute Gasteiger partial charge is 0.335 e. The number of aromatic carboxylic acids is 1. The number of ether oxygens (including phenoxy) is 3. The fourth-order valence-electron chi connectivity index (χ4n) is 4.10. The normalized spacial score (nSPS) is 12.5. The first-order valence-electron chi connectivity index (χ1n) is 11.3. The molecule has 0 fully saturated rings. The van der Waals surface area contributed by atoms with Crippen molar-refractivity contribution < 1.29 is 28.9 Å². The second kappa shape index (κ2) is 9.90. The number of carboxylic acids is 1. The third-order valence-corrected chi connectivity index (χ3v) is 5.75. The fraction of sp³-hybridized carbons (Fsp3) is 0.185. The number of aromatic nitrogens is 1. The lowest BCUT2D eigenvalue weighted by Gasteiger charge is -2.19. The van der Waals surface area contributed by atoms with Gasteiger partial charge in [0.2, 0.25) is 5.91 Å². The molecule has 8 heteroatoms. The number of carbonyl (C=O) groups is 2. The summed E-state index contributed by atoms with van der Waals surface area (Å²) in [7, 11) is 0. The monoisotopic (exact) mass is 472 g/mol. The van der Waals surface area contributed by atoms with Gasteiger partial charge in [0.05, 0.1) is 12.2 Å². The lowest BCUT2D eigenvalue weighted by Crippen LogP contribution is -2.20. The molecule has 3 aromatic carbocycles. The van der Waals surface area contributed by atoms with Crippen LogP contribution in [0.4, 0.5) is 5.69 Å². The highest BCUT2D eigenvalue weighted by Crippen LogP contribution is 2.33. The molecule has 1 aliphatic heterocycles. The van der Waals surface area contributed by atoms with Crippen molar-refractivity contribution in [1.82, 2.24) is 4.57 Å². The van der Waals surface area contributed by atoms with Crippen LogP contribution in [-0.2, 0) is 16.1 Å². The minimum atomic E-state index is -0.979. The van der Waals surface area contributed by atoms with E-state index in [0.717, 1.165) is 22.0 Å². The summed E-state index contributed by atoms with van der Waals surface area (Å²) in [4.78, 5) is 23.8. The predicted molar refractivity (Wildman–Crippen MR) is 131 cm³/mol. The number of carboxylic acid groups (broad SMARTS) is 1. The fourth-order valence-corrected chi connectivity index (χ4v) is 4.10. The molecule has 4 aromatic rings. The van der Waals surface area contributed by atoms with Crippen LogP contribution in [0, 0.1) is 0 Å². The summed E-state index contributed by atoms with van der Waals surface area (Å²) in [6.07, 6.45) is 1.99. The van der Waals surface area contributed by atoms with Crippen LogP contribution in [0.3, 0.4) is 0 Å². The van der Waals surface area contributed by atoms with Crippen molar-refractivity contribution in [3.63, 3.8) is 0 Å². The van der Waals surface area contributed by atoms with Crippen molar-refractivity contribution in [1.29, 1.82) is 0 Å². The highest BCUT2D eigenvalue weighted by molar-refractivity contribution is 6.00. The number of benzene rings is 3. The number of amides is 1. The Morgan fingerprint density at radius 2 is 1.77 bits per heavy atom. The quantitative estimate of drug-likeness (QED) is 0.368. The number of carbonyl (C=O) groups excluding carboxylic acids is 1. The van der Waals surface area contributed by atoms with Crippen LogP contribution in [0.5, 0.6) is 11.5 Å². The average Bonchev–Trinajstić information content (AvgIpc) is 3.25. The van der Waals surface area contributed by atoms with E-state index in [1.165, 1.54) is 0 Å². The van der Waals surface area contributed by atoms with Crippen molar-refractivity contribution in [2.45, 2.75) is 6.54 Å². The van der Waals surface area contributed by atoms with Crippen LogP contribution in [-0.4, -0.2) is 48.0 Å². The van der Waals surface area contributed by atoms with Gasteiger partial charge in [0.1, 0.15) is 19.8 Å². The maximum absolute atomic E-state index is 12.3. The van der Waals surface area contributed by atoms with Gasteiger partial charge in [-0.25, -0.2) is 4.79 Å². The van der Waals surface area contributed by atoms with Crippen molar-refractivity contribution in [3.8, 4) is 22.6 Å². The Balaban J connectivity index is 1.24. The lowest BCUT2D eigenvalue weighted by atomic mass is 10.0. The molecular formula is C27H24N2O6. The molecule has 5 rings (SSSR count). The Morgan fingerprint density at radius 1 is 0.971 bits per heavy atom. The molecule has 178 valence electrons. The number of nitrogens with one attached hydrogen (secondary N) is 1. The topological polar surface area (TPSA) is 99.0 Å². The Labute approximate surface area is 201 Å². The van der Waals surface area contributed by atoms with E-state index < -0.39 is 5.97 Å². The summed E-state index contributed by atoms with van der Waals surface area (Å²) >= 11 is 0. The third-order valence-electron chi connectivity index (χ3n) is 5.75. The van der Waals surface area contributed by atoms with E-state index >= 15 is 0 Å². The van der Waals surface area contributed by atoms with Crippen molar-refractivity contribution in [2.24, 2.45) is 0 Å². The molecule has 2 heterocycles. The molecule has 0 unspecified atom stereocenters. The van der Waals surface area contributed by atoms with Crippen LogP contribution >= 0.6 is 0 Å². The highest BCUT2D eigenvalue weighted by atomic mass is 16.6. The second-order valence-corrected chi connectivity index (χ2v) is 8.10. The van der Waals surface area contributed by atoms with Gasteiger partial charge in [-0.3, -0.25) is 4.79 Å². The van der Waals surface area contributed by atoms with Gasteiger partial charge in [0.15, 0.2) is 11.5 Å². The first kappa shape index (κ1) is 22.5. The summed E-state index contributed by atoms with van der Waals surface area (Å²) in [6, 6.07) is 20.3. The molecule has 0 radical (unpaired) electrons. The molecule has 0 aliphatic carbocycles. The van der Waals surface area contributed by atoms with Gasteiger partial charge < -0.3 is 29.2 Å². The molecule has 8 nitrogen and oxygen atoms in total. The Bertz CT molecular complexity index is 1380. The van der Waals surface area contributed by atoms with Gasteiger partial charge in [-0.05, 0) is 29.8 Å². The zero-order chi connectivity index (χ0) is 24.2. The first-order valence-corrected chi connectivity index (χ1v) is 11.3. The Morgan fingerprint density at radius 3 is 2.57 bits per heavy atom. The van der Waals surface area contributed by atoms with Crippen LogP contribution in [0.2, 0.25) is 0 Å². The Hall–Kier alpha value is -4.30. The summed E-state index contributed by atoms with van der Waals surface area (Å²) in [5.74, 6) is -0.0000622. The first-order chi connectivity index (χ1) is 17.1. The minimum absolute atomic E-state index is 0.112. The number of anilines is 1. The van der Waals surface area contributed by atoms with Crippen LogP contribution in [0.25, 0.3) is 22.0 Å². The lowest BCUT2D eigenvalue weighted by molar-refractivity contribution is -0.120. The van der Waals surface area contributed by atoms with E-state index in [2.05, 4.69) is 5.32 Å². The number of hydrogen-bond acceptors (Lipinski definition) is 5. The molecule has 1 aromatic heterocycles. The number of rotatable bonds is 8. The molecule has 0 saturated carbocycles. The summed E-state index contributed by atoms with van der Waals surface area (Å²) in [6.45, 7) is 1.61. The number of nitrogens with zero attached hydrogens (tertiary/aromatic N) is 1. The van der Waals surface area contributed by atoms with Gasteiger partial charge in [0, 0.05) is 41.0 Å². The molecule has 1 amide bonds. The minimum Gasteiger partial charge on any atom is -0.486 e. The molecule has 0 atom stereocenters. The average molecular weight is 472 g/mol. The van der Waals surface area contributed by atoms with Gasteiger partial charge in [-0.2, -0.15) is 0 Å². The van der Waals surface area contributed by atoms with Crippen molar-refractivity contribution in [2.75, 3.05) is 31.7 Å². The van der Waals surface area contributed by atoms with Crippen LogP contribution in [0.1, 0.15) is 10.4 Å². The summed E-state index contributed by atoms with van der Waals surface area (Å²) in [5.41, 5.74) is 3.67. The predicted octanol–water partition coefficient (Wildman–Crippen LogP) is 4.43. The van der Waals surface area contributed by atoms with Gasteiger partial charge in [0.25, 0.3) is 0 Å². The maximum atomic E-state index is 12.3. The van der Waals surface area contributed by atoms with E-state index in [1.54, 1.807) is 30.3 Å². The summed E-state index contributed by atoms with van der Waals surface area (Å²) in [5, 5.41) is 13.2. The zero-order valence-electron chi connectivity index (χ0n) is 18.9.